The van der Waals surface area contributed by atoms with E-state index >= 15 is 0 Å². The van der Waals surface area contributed by atoms with E-state index in [1.165, 1.54) is 18.4 Å². The zero-order valence-corrected chi connectivity index (χ0v) is 24.6. The molecule has 9 heteroatoms. The fourth-order valence-corrected chi connectivity index (χ4v) is 5.40. The second kappa shape index (κ2) is 13.2. The smallest absolute Gasteiger partial charge is 0.325 e. The molecule has 5 rings (SSSR count). The Kier molecular flexibility index (Phi) is 9.19. The number of aliphatic hydroxyl groups is 1. The van der Waals surface area contributed by atoms with E-state index in [2.05, 4.69) is 32.3 Å². The monoisotopic (exact) mass is 568 g/mol. The van der Waals surface area contributed by atoms with Crippen LogP contribution in [-0.2, 0) is 6.54 Å². The zero-order valence-electron chi connectivity index (χ0n) is 24.6. The third-order valence-corrected chi connectivity index (χ3v) is 7.98. The molecular formula is C33H40N6O3. The van der Waals surface area contributed by atoms with Crippen LogP contribution in [0.2, 0.25) is 0 Å². The molecule has 0 radical (unpaired) electrons. The molecule has 2 amide bonds. The SMILES string of the molecule is CNC(=O)n1ccc2cc(N(CC[C@@H](C)O)c3ccnc(NC(=O)c4ccc(CN5CCC(C)CC5)cc4)c3)ccc21. The average molecular weight is 569 g/mol. The summed E-state index contributed by atoms with van der Waals surface area (Å²) in [6.45, 7) is 7.78. The number of nitrogens with one attached hydrogen (secondary N) is 2. The van der Waals surface area contributed by atoms with Gasteiger partial charge < -0.3 is 20.6 Å². The number of likely N-dealkylation sites (tertiary alicyclic amines) is 1. The maximum Gasteiger partial charge on any atom is 0.325 e. The van der Waals surface area contributed by atoms with E-state index in [0.717, 1.165) is 47.8 Å². The van der Waals surface area contributed by atoms with Gasteiger partial charge in [0.15, 0.2) is 0 Å². The van der Waals surface area contributed by atoms with E-state index in [1.54, 1.807) is 30.9 Å². The Hall–Kier alpha value is -4.21. The van der Waals surface area contributed by atoms with Crippen molar-refractivity contribution in [3.63, 3.8) is 0 Å². The van der Waals surface area contributed by atoms with Gasteiger partial charge in [0.1, 0.15) is 5.82 Å². The number of carbonyl (C=O) groups is 2. The van der Waals surface area contributed by atoms with Crippen LogP contribution in [0.25, 0.3) is 10.9 Å². The lowest BCUT2D eigenvalue weighted by Gasteiger charge is -2.30. The number of rotatable bonds is 9. The van der Waals surface area contributed by atoms with Crippen LogP contribution in [0.3, 0.4) is 0 Å². The molecule has 4 aromatic rings. The van der Waals surface area contributed by atoms with Crippen molar-refractivity contribution >= 4 is 40.0 Å². The Bertz CT molecular complexity index is 1520. The molecule has 220 valence electrons. The van der Waals surface area contributed by atoms with Crippen molar-refractivity contribution in [2.75, 3.05) is 36.9 Å². The molecule has 9 nitrogen and oxygen atoms in total. The molecule has 1 saturated heterocycles. The van der Waals surface area contributed by atoms with E-state index < -0.39 is 6.10 Å². The summed E-state index contributed by atoms with van der Waals surface area (Å²) >= 11 is 0. The van der Waals surface area contributed by atoms with Crippen molar-refractivity contribution in [3.05, 3.63) is 84.2 Å². The highest BCUT2D eigenvalue weighted by atomic mass is 16.3. The maximum absolute atomic E-state index is 13.1. The quantitative estimate of drug-likeness (QED) is 0.242. The van der Waals surface area contributed by atoms with Crippen molar-refractivity contribution in [2.45, 2.75) is 45.8 Å². The molecule has 2 aromatic heterocycles. The number of nitrogens with zero attached hydrogens (tertiary/aromatic N) is 4. The summed E-state index contributed by atoms with van der Waals surface area (Å²) in [4.78, 5) is 34.3. The van der Waals surface area contributed by atoms with Crippen LogP contribution in [0, 0.1) is 5.92 Å². The van der Waals surface area contributed by atoms with Gasteiger partial charge in [-0.1, -0.05) is 19.1 Å². The van der Waals surface area contributed by atoms with Gasteiger partial charge in [-0.2, -0.15) is 0 Å². The highest BCUT2D eigenvalue weighted by molar-refractivity contribution is 6.04. The molecule has 0 bridgehead atoms. The molecule has 42 heavy (non-hydrogen) atoms. The largest absolute Gasteiger partial charge is 0.393 e. The van der Waals surface area contributed by atoms with Crippen LogP contribution < -0.4 is 15.5 Å². The summed E-state index contributed by atoms with van der Waals surface area (Å²) in [7, 11) is 1.60. The molecular weight excluding hydrogens is 528 g/mol. The molecule has 0 unspecified atom stereocenters. The minimum Gasteiger partial charge on any atom is -0.393 e. The number of hydrogen-bond acceptors (Lipinski definition) is 6. The Morgan fingerprint density at radius 2 is 1.79 bits per heavy atom. The van der Waals surface area contributed by atoms with E-state index in [1.807, 2.05) is 60.7 Å². The second-order valence-electron chi connectivity index (χ2n) is 11.3. The van der Waals surface area contributed by atoms with E-state index in [0.29, 0.717) is 24.3 Å². The predicted molar refractivity (Wildman–Crippen MR) is 167 cm³/mol. The number of fused-ring (bicyclic) bond motifs is 1. The Morgan fingerprint density at radius 3 is 2.50 bits per heavy atom. The number of amides is 2. The van der Waals surface area contributed by atoms with Crippen molar-refractivity contribution in [1.82, 2.24) is 19.8 Å². The zero-order chi connectivity index (χ0) is 29.6. The third kappa shape index (κ3) is 6.98. The average Bonchev–Trinajstić information content (AvgIpc) is 3.42. The van der Waals surface area contributed by atoms with Crippen LogP contribution in [0.1, 0.15) is 49.0 Å². The highest BCUT2D eigenvalue weighted by Gasteiger charge is 2.17. The van der Waals surface area contributed by atoms with Crippen LogP contribution in [0.5, 0.6) is 0 Å². The Labute approximate surface area is 247 Å². The highest BCUT2D eigenvalue weighted by Crippen LogP contribution is 2.31. The number of aromatic nitrogens is 2. The summed E-state index contributed by atoms with van der Waals surface area (Å²) in [5, 5.41) is 16.5. The summed E-state index contributed by atoms with van der Waals surface area (Å²) in [5.74, 6) is 1.03. The minimum atomic E-state index is -0.479. The van der Waals surface area contributed by atoms with Crippen molar-refractivity contribution in [3.8, 4) is 0 Å². The summed E-state index contributed by atoms with van der Waals surface area (Å²) < 4.78 is 1.57. The molecule has 3 N–H and O–H groups in total. The number of benzene rings is 2. The molecule has 1 aliphatic heterocycles. The fourth-order valence-electron chi connectivity index (χ4n) is 5.40. The molecule has 3 heterocycles. The number of anilines is 3. The first-order chi connectivity index (χ1) is 20.3. The van der Waals surface area contributed by atoms with E-state index in [-0.39, 0.29) is 11.9 Å². The van der Waals surface area contributed by atoms with Crippen LogP contribution in [0.15, 0.2) is 73.1 Å². The van der Waals surface area contributed by atoms with Gasteiger partial charge >= 0.3 is 6.03 Å². The fraction of sp³-hybridized carbons (Fsp3) is 0.364. The number of piperidine rings is 1. The molecule has 1 fully saturated rings. The molecule has 0 saturated carbocycles. The van der Waals surface area contributed by atoms with Crippen molar-refractivity contribution in [2.24, 2.45) is 5.92 Å². The summed E-state index contributed by atoms with van der Waals surface area (Å²) in [5.41, 5.74) is 4.32. The molecule has 1 atom stereocenters. The van der Waals surface area contributed by atoms with Gasteiger partial charge in [0.25, 0.3) is 5.91 Å². The van der Waals surface area contributed by atoms with Gasteiger partial charge in [-0.05, 0) is 93.2 Å². The van der Waals surface area contributed by atoms with Gasteiger partial charge in [0.2, 0.25) is 0 Å². The van der Waals surface area contributed by atoms with Gasteiger partial charge in [0.05, 0.1) is 11.6 Å². The maximum atomic E-state index is 13.1. The van der Waals surface area contributed by atoms with E-state index in [9.17, 15) is 14.7 Å². The third-order valence-electron chi connectivity index (χ3n) is 7.98. The number of hydrogen-bond donors (Lipinski definition) is 3. The molecule has 0 spiro atoms. The first-order valence-electron chi connectivity index (χ1n) is 14.7. The minimum absolute atomic E-state index is 0.204. The summed E-state index contributed by atoms with van der Waals surface area (Å²) in [6.07, 6.45) is 5.96. The Balaban J connectivity index is 1.31. The topological polar surface area (TPSA) is 103 Å². The van der Waals surface area contributed by atoms with E-state index in [4.69, 9.17) is 0 Å². The van der Waals surface area contributed by atoms with Gasteiger partial charge in [-0.3, -0.25) is 14.3 Å². The van der Waals surface area contributed by atoms with Gasteiger partial charge in [-0.25, -0.2) is 9.78 Å². The number of pyridine rings is 1. The van der Waals surface area contributed by atoms with Gasteiger partial charge in [0, 0.05) is 60.9 Å². The van der Waals surface area contributed by atoms with Crippen molar-refractivity contribution < 1.29 is 14.7 Å². The lowest BCUT2D eigenvalue weighted by Crippen LogP contribution is -2.32. The van der Waals surface area contributed by atoms with Gasteiger partial charge in [-0.15, -0.1) is 0 Å². The van der Waals surface area contributed by atoms with Crippen LogP contribution >= 0.6 is 0 Å². The predicted octanol–water partition coefficient (Wildman–Crippen LogP) is 5.62. The first kappa shape index (κ1) is 29.3. The molecule has 2 aromatic carbocycles. The lowest BCUT2D eigenvalue weighted by atomic mass is 9.99. The first-order valence-corrected chi connectivity index (χ1v) is 14.7. The second-order valence-corrected chi connectivity index (χ2v) is 11.3. The number of aliphatic hydroxyl groups excluding tert-OH is 1. The molecule has 1 aliphatic rings. The standard InChI is InChI=1S/C33H40N6O3/c1-23-11-16-37(17-12-23)22-25-4-6-26(7-5-25)32(41)36-31-21-29(10-15-35-31)38(18-13-24(2)40)28-8-9-30-27(20-28)14-19-39(30)33(42)34-3/h4-10,14-15,19-21,23-24,40H,11-13,16-18,22H2,1-3H3,(H,34,42)(H,35,36,41)/t24-/m1/s1. The normalized spacial score (nSPS) is 15.0. The molecule has 0 aliphatic carbocycles. The number of carbonyl (C=O) groups excluding carboxylic acids is 2. The van der Waals surface area contributed by atoms with Crippen molar-refractivity contribution in [1.29, 1.82) is 0 Å². The Morgan fingerprint density at radius 1 is 1.05 bits per heavy atom. The van der Waals surface area contributed by atoms with Crippen LogP contribution in [0.4, 0.5) is 22.0 Å². The summed E-state index contributed by atoms with van der Waals surface area (Å²) in [6, 6.07) is 19.1. The van der Waals surface area contributed by atoms with Crippen LogP contribution in [-0.4, -0.2) is 64.3 Å². The lowest BCUT2D eigenvalue weighted by molar-refractivity contribution is 0.102.